The number of Topliss-reactive ketones (excluding diaryl/α,β-unsaturated/α-hetero) is 2. The number of unbranched alkanes of at least 4 members (excludes halogenated alkanes) is 1. The quantitative estimate of drug-likeness (QED) is 0.0250. The second-order valence-electron chi connectivity index (χ2n) is 11.9. The van der Waals surface area contributed by atoms with Crippen LogP contribution in [0.3, 0.4) is 0 Å². The molecule has 0 radical (unpaired) electrons. The molecular formula is C30H55N7O12. The lowest BCUT2D eigenvalue weighted by Crippen LogP contribution is -2.56. The fourth-order valence-electron chi connectivity index (χ4n) is 4.62. The molecule has 1 aliphatic heterocycles. The maximum atomic E-state index is 12.9. The number of rotatable bonds is 27. The molecule has 10 N–H and O–H groups in total. The van der Waals surface area contributed by atoms with E-state index >= 15 is 0 Å². The van der Waals surface area contributed by atoms with Crippen LogP contribution < -0.4 is 22.1 Å². The van der Waals surface area contributed by atoms with Gasteiger partial charge in [-0.15, -0.1) is 5.10 Å². The van der Waals surface area contributed by atoms with Crippen LogP contribution in [0.25, 0.3) is 0 Å². The lowest BCUT2D eigenvalue weighted by Gasteiger charge is -2.39. The van der Waals surface area contributed by atoms with E-state index in [1.165, 1.54) is 10.9 Å². The van der Waals surface area contributed by atoms with E-state index in [4.69, 9.17) is 35.2 Å². The summed E-state index contributed by atoms with van der Waals surface area (Å²) in [6.45, 7) is 5.46. The van der Waals surface area contributed by atoms with Gasteiger partial charge in [-0.1, -0.05) is 25.5 Å². The molecule has 2 heterocycles. The van der Waals surface area contributed by atoms with Crippen molar-refractivity contribution in [2.24, 2.45) is 17.4 Å². The predicted molar refractivity (Wildman–Crippen MR) is 171 cm³/mol. The van der Waals surface area contributed by atoms with Gasteiger partial charge >= 0.3 is 0 Å². The molecule has 19 nitrogen and oxygen atoms in total. The maximum absolute atomic E-state index is 12.9. The number of amides is 1. The Bertz CT molecular complexity index is 1100. The second-order valence-corrected chi connectivity index (χ2v) is 11.9. The van der Waals surface area contributed by atoms with Gasteiger partial charge in [-0.2, -0.15) is 0 Å². The minimum Gasteiger partial charge on any atom is -0.394 e. The largest absolute Gasteiger partial charge is 0.394 e. The number of nitrogens with two attached hydrogens (primary N) is 2. The Morgan fingerprint density at radius 1 is 0.959 bits per heavy atom. The highest BCUT2D eigenvalue weighted by atomic mass is 16.6. The number of hydrogen-bond donors (Lipinski definition) is 8. The molecule has 0 aliphatic carbocycles. The van der Waals surface area contributed by atoms with Crippen LogP contribution in [0, 0.1) is 5.92 Å². The highest BCUT2D eigenvalue weighted by Crippen LogP contribution is 2.27. The lowest BCUT2D eigenvalue weighted by atomic mass is 9.97. The molecule has 49 heavy (non-hydrogen) atoms. The molecule has 0 bridgehead atoms. The molecule has 1 amide bonds. The molecule has 282 valence electrons. The fraction of sp³-hybridized carbons (Fsp3) is 0.833. The Labute approximate surface area is 285 Å². The van der Waals surface area contributed by atoms with Crippen molar-refractivity contribution in [2.75, 3.05) is 66.1 Å². The standard InChI is InChI=1S/C30H55N7O12/c1-19(2)24(32)25(40)22(39)6-8-45-9-10-46-11-12-47-13-14-48-18-34-29(44)21(5-3-4-7-31)33-15-20-16-37(36-35-20)30-28(43)27(42)26(41)23(17-38)49-30/h16,19,21,23-24,26-28,30,33,38,41-43H,3-15,17-18,31-32H2,1-2H3,(H,34,44)/t21?,23-,24-,26+,27+,28-,30?/m0/s1. The Kier molecular flexibility index (Phi) is 20.7. The van der Waals surface area contributed by atoms with Crippen molar-refractivity contribution >= 4 is 17.5 Å². The normalized spacial score (nSPS) is 22.3. The molecule has 2 rings (SSSR count). The lowest BCUT2D eigenvalue weighted by molar-refractivity contribution is -0.254. The number of aliphatic hydroxyl groups excluding tert-OH is 4. The Balaban J connectivity index is 1.59. The van der Waals surface area contributed by atoms with E-state index in [-0.39, 0.29) is 57.9 Å². The highest BCUT2D eigenvalue weighted by Gasteiger charge is 2.44. The molecule has 1 aromatic rings. The van der Waals surface area contributed by atoms with Crippen molar-refractivity contribution in [1.29, 1.82) is 0 Å². The first-order valence-corrected chi connectivity index (χ1v) is 16.6. The molecule has 19 heteroatoms. The maximum Gasteiger partial charge on any atom is 0.238 e. The molecule has 1 fully saturated rings. The van der Waals surface area contributed by atoms with Crippen molar-refractivity contribution in [3.05, 3.63) is 11.9 Å². The summed E-state index contributed by atoms with van der Waals surface area (Å²) in [6.07, 6.45) is -3.43. The minimum atomic E-state index is -1.55. The van der Waals surface area contributed by atoms with Crippen LogP contribution >= 0.6 is 0 Å². The van der Waals surface area contributed by atoms with Gasteiger partial charge in [0.1, 0.15) is 31.1 Å². The number of ether oxygens (including phenoxy) is 5. The van der Waals surface area contributed by atoms with Crippen LogP contribution in [0.4, 0.5) is 0 Å². The van der Waals surface area contributed by atoms with Crippen LogP contribution in [0.15, 0.2) is 6.20 Å². The molecule has 1 aromatic heterocycles. The van der Waals surface area contributed by atoms with Crippen molar-refractivity contribution < 1.29 is 58.5 Å². The van der Waals surface area contributed by atoms with Crippen LogP contribution in [0.1, 0.15) is 51.5 Å². The number of aliphatic hydroxyl groups is 4. The van der Waals surface area contributed by atoms with Gasteiger partial charge in [-0.25, -0.2) is 4.68 Å². The van der Waals surface area contributed by atoms with Gasteiger partial charge in [-0.3, -0.25) is 14.4 Å². The van der Waals surface area contributed by atoms with Crippen molar-refractivity contribution in [3.8, 4) is 0 Å². The summed E-state index contributed by atoms with van der Waals surface area (Å²) in [5.41, 5.74) is 11.7. The molecular weight excluding hydrogens is 650 g/mol. The van der Waals surface area contributed by atoms with E-state index in [1.54, 1.807) is 13.8 Å². The highest BCUT2D eigenvalue weighted by molar-refractivity contribution is 6.39. The van der Waals surface area contributed by atoms with Crippen LogP contribution in [-0.4, -0.2) is 156 Å². The van der Waals surface area contributed by atoms with Gasteiger partial charge < -0.3 is 66.2 Å². The summed E-state index contributed by atoms with van der Waals surface area (Å²) in [5, 5.41) is 53.6. The zero-order valence-corrected chi connectivity index (χ0v) is 28.4. The molecule has 0 spiro atoms. The monoisotopic (exact) mass is 705 g/mol. The number of nitrogens with one attached hydrogen (secondary N) is 2. The van der Waals surface area contributed by atoms with Gasteiger partial charge in [0.25, 0.3) is 0 Å². The zero-order chi connectivity index (χ0) is 36.2. The molecule has 1 saturated heterocycles. The summed E-state index contributed by atoms with van der Waals surface area (Å²) in [7, 11) is 0. The van der Waals surface area contributed by atoms with E-state index in [1.807, 2.05) is 0 Å². The van der Waals surface area contributed by atoms with Crippen molar-refractivity contribution in [1.82, 2.24) is 25.6 Å². The van der Waals surface area contributed by atoms with E-state index in [2.05, 4.69) is 20.9 Å². The Morgan fingerprint density at radius 2 is 1.59 bits per heavy atom. The van der Waals surface area contributed by atoms with Crippen LogP contribution in [-0.2, 0) is 44.6 Å². The third kappa shape index (κ3) is 15.1. The number of nitrogens with zero attached hydrogens (tertiary/aromatic N) is 3. The smallest absolute Gasteiger partial charge is 0.238 e. The molecule has 0 saturated carbocycles. The van der Waals surface area contributed by atoms with Crippen molar-refractivity contribution in [3.63, 3.8) is 0 Å². The minimum absolute atomic E-state index is 0.0185. The average molecular weight is 706 g/mol. The van der Waals surface area contributed by atoms with Gasteiger partial charge in [0.05, 0.1) is 76.8 Å². The Morgan fingerprint density at radius 3 is 2.20 bits per heavy atom. The van der Waals surface area contributed by atoms with Gasteiger partial charge in [0, 0.05) is 13.0 Å². The van der Waals surface area contributed by atoms with Crippen LogP contribution in [0.5, 0.6) is 0 Å². The summed E-state index contributed by atoms with van der Waals surface area (Å²) < 4.78 is 28.3. The molecule has 7 atom stereocenters. The van der Waals surface area contributed by atoms with E-state index < -0.39 is 60.9 Å². The number of hydrogen-bond acceptors (Lipinski definition) is 17. The predicted octanol–water partition coefficient (Wildman–Crippen LogP) is -3.51. The van der Waals surface area contributed by atoms with E-state index in [9.17, 15) is 34.8 Å². The first-order valence-electron chi connectivity index (χ1n) is 16.6. The van der Waals surface area contributed by atoms with Gasteiger partial charge in [0.15, 0.2) is 6.23 Å². The third-order valence-corrected chi connectivity index (χ3v) is 7.71. The summed E-state index contributed by atoms with van der Waals surface area (Å²) >= 11 is 0. The second kappa shape index (κ2) is 23.8. The Hall–Kier alpha value is -2.53. The van der Waals surface area contributed by atoms with Gasteiger partial charge in [0.2, 0.25) is 17.5 Å². The van der Waals surface area contributed by atoms with E-state index in [0.29, 0.717) is 44.9 Å². The zero-order valence-electron chi connectivity index (χ0n) is 28.4. The summed E-state index contributed by atoms with van der Waals surface area (Å²) in [5.74, 6) is -1.50. The third-order valence-electron chi connectivity index (χ3n) is 7.71. The molecule has 2 unspecified atom stereocenters. The number of carbonyl (C=O) groups is 3. The van der Waals surface area contributed by atoms with E-state index in [0.717, 1.165) is 6.42 Å². The number of carbonyl (C=O) groups excluding carboxylic acids is 3. The van der Waals surface area contributed by atoms with Crippen LogP contribution in [0.2, 0.25) is 0 Å². The van der Waals surface area contributed by atoms with Crippen molar-refractivity contribution in [2.45, 2.75) is 88.8 Å². The summed E-state index contributed by atoms with van der Waals surface area (Å²) in [6, 6.07) is -1.38. The molecule has 1 aliphatic rings. The van der Waals surface area contributed by atoms with Gasteiger partial charge in [-0.05, 0) is 25.3 Å². The number of ketones is 2. The fourth-order valence-corrected chi connectivity index (χ4v) is 4.62. The summed E-state index contributed by atoms with van der Waals surface area (Å²) in [4.78, 5) is 36.5. The average Bonchev–Trinajstić information content (AvgIpc) is 3.56. The number of aromatic nitrogens is 3. The first-order chi connectivity index (χ1) is 23.5. The molecule has 0 aromatic carbocycles. The SMILES string of the molecule is CC(C)[C@H](N)C(=O)C(=O)CCOCCOCCOCCOCNC(=O)C(CCCCN)NCc1cn(C2O[C@@H](CO)[C@@H](O)[C@@H](O)[C@@H]2O)nn1. The topological polar surface area (TPSA) is 285 Å². The first kappa shape index (κ1) is 42.6.